The lowest BCUT2D eigenvalue weighted by molar-refractivity contribution is -0.129. The number of hydrogen-bond donors (Lipinski definition) is 5. The summed E-state index contributed by atoms with van der Waals surface area (Å²) in [6.45, 7) is 25.5. The SMILES string of the molecule is C=CC(=O)Nc1cccc(Nc2nc(Cc3ccc(N4CCN(C(=C)C)CC4)cc3OC)ncc2C)c1.C=CC(=O)Nc1cccc(Nc2nc(Cl)ncc2C)c1.COc1cc(N2CCN(C(C)=O)CC2)ccc1N. The molecule has 0 atom stereocenters. The van der Waals surface area contributed by atoms with Crippen LogP contribution in [0.15, 0.2) is 135 Å². The van der Waals surface area contributed by atoms with E-state index in [0.29, 0.717) is 46.7 Å². The molecule has 2 aliphatic rings. The molecule has 0 unspecified atom stereocenters. The van der Waals surface area contributed by atoms with Crippen LogP contribution in [0.5, 0.6) is 11.5 Å². The summed E-state index contributed by atoms with van der Waals surface area (Å²) < 4.78 is 11.0. The number of carbonyl (C=O) groups is 3. The lowest BCUT2D eigenvalue weighted by Crippen LogP contribution is -2.48. The lowest BCUT2D eigenvalue weighted by atomic mass is 10.1. The van der Waals surface area contributed by atoms with Crippen LogP contribution in [-0.4, -0.2) is 114 Å². The van der Waals surface area contributed by atoms with Gasteiger partial charge in [0.05, 0.1) is 19.9 Å². The molecule has 0 spiro atoms. The number of hydrogen-bond acceptors (Lipinski definition) is 15. The highest BCUT2D eigenvalue weighted by atomic mass is 35.5. The molecule has 4 aromatic carbocycles. The number of allylic oxidation sites excluding steroid dienone is 1. The van der Waals surface area contributed by atoms with Gasteiger partial charge >= 0.3 is 0 Å². The maximum Gasteiger partial charge on any atom is 0.247 e. The topological polar surface area (TPSA) is 208 Å². The van der Waals surface area contributed by atoms with Gasteiger partial charge in [0.25, 0.3) is 0 Å². The zero-order valence-corrected chi connectivity index (χ0v) is 44.2. The van der Waals surface area contributed by atoms with Crippen molar-refractivity contribution in [3.05, 3.63) is 163 Å². The van der Waals surface area contributed by atoms with Crippen molar-refractivity contribution in [3.63, 3.8) is 0 Å². The number of nitrogens with two attached hydrogens (primary N) is 1. The first kappa shape index (κ1) is 55.7. The number of methoxy groups -OCH3 is 2. The largest absolute Gasteiger partial charge is 0.496 e. The molecule has 2 saturated heterocycles. The Balaban J connectivity index is 0.000000202. The first-order valence-electron chi connectivity index (χ1n) is 24.2. The molecule has 8 rings (SSSR count). The number of piperazine rings is 2. The molecule has 2 fully saturated rings. The lowest BCUT2D eigenvalue weighted by Gasteiger charge is -2.37. The summed E-state index contributed by atoms with van der Waals surface area (Å²) in [4.78, 5) is 60.3. The van der Waals surface area contributed by atoms with Gasteiger partial charge in [0.2, 0.25) is 23.0 Å². The Morgan fingerprint density at radius 1 is 0.653 bits per heavy atom. The first-order valence-corrected chi connectivity index (χ1v) is 24.6. The van der Waals surface area contributed by atoms with Crippen LogP contribution < -0.4 is 46.3 Å². The quantitative estimate of drug-likeness (QED) is 0.0369. The van der Waals surface area contributed by atoms with Gasteiger partial charge in [0.1, 0.15) is 29.0 Å². The van der Waals surface area contributed by atoms with Gasteiger partial charge in [-0.1, -0.05) is 37.9 Å². The zero-order chi connectivity index (χ0) is 54.0. The predicted octanol–water partition coefficient (Wildman–Crippen LogP) is 9.16. The van der Waals surface area contributed by atoms with E-state index in [4.69, 9.17) is 31.8 Å². The number of nitrogen functional groups attached to an aromatic ring is 1. The molecule has 0 aliphatic carbocycles. The first-order chi connectivity index (χ1) is 36.0. The number of halogens is 1. The van der Waals surface area contributed by atoms with Gasteiger partial charge in [-0.05, 0) is 99.1 Å². The maximum atomic E-state index is 11.6. The maximum absolute atomic E-state index is 11.6. The summed E-state index contributed by atoms with van der Waals surface area (Å²) >= 11 is 5.77. The smallest absolute Gasteiger partial charge is 0.247 e. The highest BCUT2D eigenvalue weighted by Crippen LogP contribution is 2.31. The number of benzene rings is 4. The average molecular weight is 1040 g/mol. The van der Waals surface area contributed by atoms with Crippen LogP contribution in [0.1, 0.15) is 36.4 Å². The second-order valence-electron chi connectivity index (χ2n) is 17.6. The molecular formula is C56H66ClN13O5. The molecule has 0 saturated carbocycles. The minimum atomic E-state index is -0.261. The van der Waals surface area contributed by atoms with Crippen LogP contribution in [0.2, 0.25) is 5.28 Å². The average Bonchev–Trinajstić information content (AvgIpc) is 3.41. The minimum absolute atomic E-state index is 0.143. The molecule has 392 valence electrons. The van der Waals surface area contributed by atoms with Crippen molar-refractivity contribution in [1.82, 2.24) is 29.7 Å². The molecule has 2 aromatic heterocycles. The number of ether oxygens (including phenoxy) is 2. The number of aromatic nitrogens is 4. The van der Waals surface area contributed by atoms with Gasteiger partial charge < -0.3 is 56.1 Å². The van der Waals surface area contributed by atoms with Gasteiger partial charge in [0.15, 0.2) is 0 Å². The zero-order valence-electron chi connectivity index (χ0n) is 43.5. The summed E-state index contributed by atoms with van der Waals surface area (Å²) in [6, 6.07) is 26.8. The number of aryl methyl sites for hydroxylation is 2. The Hall–Kier alpha value is -8.64. The molecule has 0 bridgehead atoms. The van der Waals surface area contributed by atoms with Crippen molar-refractivity contribution in [1.29, 1.82) is 0 Å². The normalized spacial score (nSPS) is 12.9. The van der Waals surface area contributed by atoms with Crippen molar-refractivity contribution in [2.24, 2.45) is 0 Å². The molecule has 0 radical (unpaired) electrons. The second-order valence-corrected chi connectivity index (χ2v) is 17.9. The Bertz CT molecular complexity index is 2990. The van der Waals surface area contributed by atoms with E-state index in [1.165, 1.54) is 12.2 Å². The van der Waals surface area contributed by atoms with Crippen molar-refractivity contribution in [2.45, 2.75) is 34.1 Å². The highest BCUT2D eigenvalue weighted by molar-refractivity contribution is 6.28. The third-order valence-electron chi connectivity index (χ3n) is 12.2. The fourth-order valence-corrected chi connectivity index (χ4v) is 8.15. The molecule has 6 aromatic rings. The van der Waals surface area contributed by atoms with Crippen LogP contribution in [0.4, 0.5) is 51.4 Å². The molecule has 4 heterocycles. The number of rotatable bonds is 15. The highest BCUT2D eigenvalue weighted by Gasteiger charge is 2.21. The van der Waals surface area contributed by atoms with E-state index < -0.39 is 0 Å². The number of anilines is 9. The van der Waals surface area contributed by atoms with Gasteiger partial charge in [-0.3, -0.25) is 14.4 Å². The minimum Gasteiger partial charge on any atom is -0.496 e. The molecule has 18 nitrogen and oxygen atoms in total. The molecule has 19 heteroatoms. The second kappa shape index (κ2) is 26.9. The fourth-order valence-electron chi connectivity index (χ4n) is 8.02. The number of carbonyl (C=O) groups excluding carboxylic acids is 3. The van der Waals surface area contributed by atoms with Crippen molar-refractivity contribution >= 4 is 80.8 Å². The summed E-state index contributed by atoms with van der Waals surface area (Å²) in [5.74, 6) is 3.16. The summed E-state index contributed by atoms with van der Waals surface area (Å²) in [5, 5.41) is 12.1. The summed E-state index contributed by atoms with van der Waals surface area (Å²) in [6.07, 6.45) is 6.45. The predicted molar refractivity (Wildman–Crippen MR) is 302 cm³/mol. The molecular weight excluding hydrogens is 970 g/mol. The Kier molecular flexibility index (Phi) is 20.0. The van der Waals surface area contributed by atoms with Crippen molar-refractivity contribution in [3.8, 4) is 11.5 Å². The van der Waals surface area contributed by atoms with E-state index in [9.17, 15) is 14.4 Å². The van der Waals surface area contributed by atoms with E-state index >= 15 is 0 Å². The standard InChI is InChI=1S/C29H34N6O2.C14H13ClN4O.C13H19N3O2/c1-6-28(36)31-23-8-7-9-24(17-23)32-29-21(4)19-30-27(33-29)16-22-10-11-25(18-26(22)37-5)35-14-12-34(13-15-35)20(2)3;1-3-12(20)17-10-5-4-6-11(7-10)18-13-9(2)8-16-14(15)19-13;1-10(17)15-5-7-16(8-6-15)11-3-4-12(14)13(9-11)18-2/h6-11,17-19H,1-2,12-16H2,3-5H3,(H,31,36)(H,30,32,33);3-8H,1H2,2H3,(H,17,20)(H,16,18,19);3-4,9H,5-8,14H2,1-2H3. The Morgan fingerprint density at radius 2 is 1.13 bits per heavy atom. The number of nitrogens with one attached hydrogen (secondary N) is 4. The van der Waals surface area contributed by atoms with Crippen molar-refractivity contribution in [2.75, 3.05) is 103 Å². The van der Waals surface area contributed by atoms with Crippen LogP contribution >= 0.6 is 11.6 Å². The van der Waals surface area contributed by atoms with E-state index in [0.717, 1.165) is 103 Å². The summed E-state index contributed by atoms with van der Waals surface area (Å²) in [5.41, 5.74) is 15.5. The van der Waals surface area contributed by atoms with Crippen LogP contribution in [0.25, 0.3) is 0 Å². The monoisotopic (exact) mass is 1040 g/mol. The molecule has 2 aliphatic heterocycles. The molecule has 3 amide bonds. The van der Waals surface area contributed by atoms with E-state index in [1.807, 2.05) is 79.5 Å². The van der Waals surface area contributed by atoms with E-state index in [2.05, 4.69) is 95.8 Å². The fraction of sp³-hybridized carbons (Fsp3) is 0.268. The van der Waals surface area contributed by atoms with Gasteiger partial charge in [-0.2, -0.15) is 0 Å². The molecule has 6 N–H and O–H groups in total. The van der Waals surface area contributed by atoms with Crippen LogP contribution in [0.3, 0.4) is 0 Å². The Labute approximate surface area is 444 Å². The molecule has 75 heavy (non-hydrogen) atoms. The number of amides is 3. The van der Waals surface area contributed by atoms with E-state index in [-0.39, 0.29) is 23.0 Å². The summed E-state index contributed by atoms with van der Waals surface area (Å²) in [7, 11) is 3.31. The van der Waals surface area contributed by atoms with Crippen LogP contribution in [0, 0.1) is 13.8 Å². The van der Waals surface area contributed by atoms with Crippen LogP contribution in [-0.2, 0) is 20.8 Å². The van der Waals surface area contributed by atoms with Gasteiger partial charge in [0, 0.05) is 147 Å². The van der Waals surface area contributed by atoms with Gasteiger partial charge in [-0.25, -0.2) is 19.9 Å². The van der Waals surface area contributed by atoms with E-state index in [1.54, 1.807) is 39.5 Å². The van der Waals surface area contributed by atoms with Crippen molar-refractivity contribution < 1.29 is 23.9 Å². The third kappa shape index (κ3) is 16.2. The number of nitrogens with zero attached hydrogens (tertiary/aromatic N) is 8. The third-order valence-corrected chi connectivity index (χ3v) is 12.4. The van der Waals surface area contributed by atoms with Gasteiger partial charge in [-0.15, -0.1) is 0 Å². The Morgan fingerprint density at radius 3 is 1.64 bits per heavy atom.